The minimum absolute atomic E-state index is 0.0176. The molecular formula is C22H29NO5. The van der Waals surface area contributed by atoms with Gasteiger partial charge in [0.2, 0.25) is 11.7 Å². The Morgan fingerprint density at radius 2 is 1.93 bits per heavy atom. The first-order chi connectivity index (χ1) is 13.4. The van der Waals surface area contributed by atoms with E-state index >= 15 is 0 Å². The fraction of sp³-hybridized carbons (Fsp3) is 0.591. The average Bonchev–Trinajstić information content (AvgIpc) is 3.09. The zero-order valence-corrected chi connectivity index (χ0v) is 16.8. The Kier molecular flexibility index (Phi) is 6.37. The van der Waals surface area contributed by atoms with Crippen LogP contribution in [0.15, 0.2) is 24.3 Å². The molecule has 1 aromatic rings. The number of benzene rings is 1. The molecule has 6 nitrogen and oxygen atoms in total. The van der Waals surface area contributed by atoms with Crippen molar-refractivity contribution >= 4 is 17.7 Å². The van der Waals surface area contributed by atoms with Crippen LogP contribution in [0.5, 0.6) is 5.75 Å². The van der Waals surface area contributed by atoms with Crippen molar-refractivity contribution in [2.45, 2.75) is 45.6 Å². The van der Waals surface area contributed by atoms with Gasteiger partial charge >= 0.3 is 5.97 Å². The number of ketones is 1. The number of amides is 1. The van der Waals surface area contributed by atoms with Crippen LogP contribution in [-0.4, -0.2) is 48.9 Å². The number of esters is 1. The molecule has 4 atom stereocenters. The van der Waals surface area contributed by atoms with Crippen molar-refractivity contribution in [3.63, 3.8) is 0 Å². The summed E-state index contributed by atoms with van der Waals surface area (Å²) in [4.78, 5) is 39.2. The van der Waals surface area contributed by atoms with E-state index in [1.807, 2.05) is 4.90 Å². The number of carbonyl (C=O) groups excluding carboxylic acids is 3. The molecule has 0 spiro atoms. The Bertz CT molecular complexity index is 746. The topological polar surface area (TPSA) is 72.9 Å². The van der Waals surface area contributed by atoms with Crippen molar-refractivity contribution in [3.8, 4) is 5.75 Å². The van der Waals surface area contributed by atoms with Gasteiger partial charge in [0.1, 0.15) is 5.75 Å². The van der Waals surface area contributed by atoms with Crippen molar-refractivity contribution in [2.24, 2.45) is 17.8 Å². The number of likely N-dealkylation sites (tertiary alicyclic amines) is 1. The number of methoxy groups -OCH3 is 1. The minimum Gasteiger partial charge on any atom is -0.496 e. The van der Waals surface area contributed by atoms with Gasteiger partial charge in [-0.1, -0.05) is 38.8 Å². The molecule has 1 heterocycles. The van der Waals surface area contributed by atoms with Crippen molar-refractivity contribution in [1.29, 1.82) is 0 Å². The third-order valence-electron chi connectivity index (χ3n) is 6.31. The molecule has 1 aromatic carbocycles. The van der Waals surface area contributed by atoms with E-state index in [1.165, 1.54) is 13.5 Å². The lowest BCUT2D eigenvalue weighted by Gasteiger charge is -2.39. The lowest BCUT2D eigenvalue weighted by Crippen LogP contribution is -2.45. The largest absolute Gasteiger partial charge is 0.496 e. The molecule has 1 saturated heterocycles. The summed E-state index contributed by atoms with van der Waals surface area (Å²) in [7, 11) is 1.49. The lowest BCUT2D eigenvalue weighted by atomic mass is 9.77. The molecular weight excluding hydrogens is 358 g/mol. The monoisotopic (exact) mass is 387 g/mol. The van der Waals surface area contributed by atoms with Crippen LogP contribution in [-0.2, 0) is 14.3 Å². The third kappa shape index (κ3) is 4.21. The number of hydrogen-bond acceptors (Lipinski definition) is 5. The first-order valence-corrected chi connectivity index (χ1v) is 10.0. The third-order valence-corrected chi connectivity index (χ3v) is 6.31. The summed E-state index contributed by atoms with van der Waals surface area (Å²) in [5, 5.41) is 0. The summed E-state index contributed by atoms with van der Waals surface area (Å²) >= 11 is 0. The predicted octanol–water partition coefficient (Wildman–Crippen LogP) is 3.09. The highest BCUT2D eigenvalue weighted by molar-refractivity contribution is 6.00. The van der Waals surface area contributed by atoms with Crippen molar-refractivity contribution in [3.05, 3.63) is 29.8 Å². The molecule has 2 aliphatic rings. The highest BCUT2D eigenvalue weighted by Gasteiger charge is 2.42. The molecule has 1 amide bonds. The normalized spacial score (nSPS) is 27.5. The van der Waals surface area contributed by atoms with Crippen LogP contribution in [0.2, 0.25) is 0 Å². The van der Waals surface area contributed by atoms with Gasteiger partial charge in [-0.3, -0.25) is 14.4 Å². The summed E-state index contributed by atoms with van der Waals surface area (Å²) in [6.07, 6.45) is 3.46. The van der Waals surface area contributed by atoms with Gasteiger partial charge in [0.05, 0.1) is 18.6 Å². The highest BCUT2D eigenvalue weighted by Crippen LogP contribution is 2.36. The molecule has 2 fully saturated rings. The van der Waals surface area contributed by atoms with Crippen LogP contribution >= 0.6 is 0 Å². The number of para-hydroxylation sites is 1. The van der Waals surface area contributed by atoms with E-state index in [1.54, 1.807) is 24.3 Å². The van der Waals surface area contributed by atoms with Gasteiger partial charge < -0.3 is 14.4 Å². The highest BCUT2D eigenvalue weighted by atomic mass is 16.5. The van der Waals surface area contributed by atoms with Crippen molar-refractivity contribution in [2.75, 3.05) is 20.3 Å². The summed E-state index contributed by atoms with van der Waals surface area (Å²) in [6, 6.07) is 7.03. The van der Waals surface area contributed by atoms with Gasteiger partial charge in [-0.15, -0.1) is 0 Å². The Balaban J connectivity index is 1.57. The Morgan fingerprint density at radius 3 is 2.68 bits per heavy atom. The number of Topliss-reactive ketones (excluding diaryl/α,β-unsaturated/α-hetero) is 1. The molecule has 152 valence electrons. The molecule has 3 rings (SSSR count). The van der Waals surface area contributed by atoms with Gasteiger partial charge in [0.25, 0.3) is 0 Å². The molecule has 0 bridgehead atoms. The van der Waals surface area contributed by atoms with Crippen LogP contribution in [0.3, 0.4) is 0 Å². The van der Waals surface area contributed by atoms with Gasteiger partial charge in [0, 0.05) is 19.0 Å². The molecule has 0 N–H and O–H groups in total. The quantitative estimate of drug-likeness (QED) is 0.554. The second-order valence-electron chi connectivity index (χ2n) is 8.01. The maximum Gasteiger partial charge on any atom is 0.311 e. The average molecular weight is 387 g/mol. The molecule has 0 radical (unpaired) electrons. The molecule has 28 heavy (non-hydrogen) atoms. The second-order valence-corrected chi connectivity index (χ2v) is 8.01. The smallest absolute Gasteiger partial charge is 0.311 e. The van der Waals surface area contributed by atoms with Crippen LogP contribution in [0.1, 0.15) is 49.9 Å². The standard InChI is InChI=1S/C22H29NO5/c1-14-7-6-9-18(15(14)2)23-12-16(11-21(23)25)22(26)28-13-19(24)17-8-4-5-10-20(17)27-3/h4-5,8,10,14-16,18H,6-7,9,11-13H2,1-3H3/t14-,15+,16+,18-/m0/s1. The van der Waals surface area contributed by atoms with Crippen molar-refractivity contribution < 1.29 is 23.9 Å². The lowest BCUT2D eigenvalue weighted by molar-refractivity contribution is -0.147. The zero-order valence-electron chi connectivity index (χ0n) is 16.8. The number of nitrogens with zero attached hydrogens (tertiary/aromatic N) is 1. The van der Waals surface area contributed by atoms with E-state index < -0.39 is 11.9 Å². The Labute approximate surface area is 166 Å². The summed E-state index contributed by atoms with van der Waals surface area (Å²) in [5.74, 6) is 0.186. The SMILES string of the molecule is COc1ccccc1C(=O)COC(=O)[C@@H]1CC(=O)N([C@H]2CCC[C@H](C)[C@H]2C)C1. The maximum absolute atomic E-state index is 12.5. The van der Waals surface area contributed by atoms with Gasteiger partial charge in [0.15, 0.2) is 6.61 Å². The first kappa shape index (κ1) is 20.4. The van der Waals surface area contributed by atoms with E-state index in [4.69, 9.17) is 9.47 Å². The first-order valence-electron chi connectivity index (χ1n) is 10.0. The maximum atomic E-state index is 12.5. The Hall–Kier alpha value is -2.37. The number of ether oxygens (including phenoxy) is 2. The van der Waals surface area contributed by atoms with Crippen molar-refractivity contribution in [1.82, 2.24) is 4.90 Å². The van der Waals surface area contributed by atoms with Crippen LogP contribution in [0.25, 0.3) is 0 Å². The molecule has 1 aliphatic carbocycles. The Morgan fingerprint density at radius 1 is 1.18 bits per heavy atom. The van der Waals surface area contributed by atoms with E-state index in [2.05, 4.69) is 13.8 Å². The van der Waals surface area contributed by atoms with E-state index in [0.29, 0.717) is 29.7 Å². The van der Waals surface area contributed by atoms with Gasteiger partial charge in [-0.2, -0.15) is 0 Å². The number of rotatable bonds is 6. The molecule has 0 unspecified atom stereocenters. The van der Waals surface area contributed by atoms with E-state index in [9.17, 15) is 14.4 Å². The molecule has 0 aromatic heterocycles. The van der Waals surface area contributed by atoms with Gasteiger partial charge in [-0.05, 0) is 30.4 Å². The fourth-order valence-electron chi connectivity index (χ4n) is 4.41. The molecule has 6 heteroatoms. The zero-order chi connectivity index (χ0) is 20.3. The fourth-order valence-corrected chi connectivity index (χ4v) is 4.41. The van der Waals surface area contributed by atoms with E-state index in [-0.39, 0.29) is 30.8 Å². The number of hydrogen-bond donors (Lipinski definition) is 0. The van der Waals surface area contributed by atoms with Crippen LogP contribution in [0.4, 0.5) is 0 Å². The second kappa shape index (κ2) is 8.76. The van der Waals surface area contributed by atoms with Gasteiger partial charge in [-0.25, -0.2) is 0 Å². The molecule has 1 aliphatic heterocycles. The summed E-state index contributed by atoms with van der Waals surface area (Å²) in [6.45, 7) is 4.47. The summed E-state index contributed by atoms with van der Waals surface area (Å²) < 4.78 is 10.4. The molecule has 1 saturated carbocycles. The minimum atomic E-state index is -0.498. The van der Waals surface area contributed by atoms with Crippen LogP contribution < -0.4 is 4.74 Å². The van der Waals surface area contributed by atoms with Crippen LogP contribution in [0, 0.1) is 17.8 Å². The predicted molar refractivity (Wildman–Crippen MR) is 104 cm³/mol. The number of carbonyl (C=O) groups is 3. The summed E-state index contributed by atoms with van der Waals surface area (Å²) in [5.41, 5.74) is 0.381. The van der Waals surface area contributed by atoms with E-state index in [0.717, 1.165) is 12.8 Å².